The predicted octanol–water partition coefficient (Wildman–Crippen LogP) is -1.90. The Morgan fingerprint density at radius 3 is 1.89 bits per heavy atom. The minimum atomic E-state index is -1.67. The topological polar surface area (TPSA) is 203 Å². The summed E-state index contributed by atoms with van der Waals surface area (Å²) in [5, 5.41) is 30.9. The Bertz CT molecular complexity index is 847. The molecule has 2 aliphatic heterocycles. The lowest BCUT2D eigenvalue weighted by Crippen LogP contribution is -2.66. The van der Waals surface area contributed by atoms with Gasteiger partial charge in [-0.25, -0.2) is 0 Å². The van der Waals surface area contributed by atoms with Crippen LogP contribution < -0.4 is 0 Å². The summed E-state index contributed by atoms with van der Waals surface area (Å²) >= 11 is 0. The Morgan fingerprint density at radius 1 is 0.789 bits per heavy atom. The molecule has 10 atom stereocenters. The molecule has 0 aliphatic carbocycles. The van der Waals surface area contributed by atoms with E-state index in [1.54, 1.807) is 0 Å². The molecule has 0 aromatic rings. The first-order valence-electron chi connectivity index (χ1n) is 11.7. The zero-order valence-electron chi connectivity index (χ0n) is 21.4. The maximum atomic E-state index is 12.0. The standard InChI is InChI=1S/C23H34O15/c1-6-7-31-20-18(16(29)14(8-24)36-22(20)30)38-23-21(35-13(5)28)19(34-12(4)27)17(33-11(3)26)15(37-23)9-32-10(2)25/h6,14-24,29-30H,1,7-9H2,2-5H3/t14-,15-,16-,17-,18+,19+,20+,21+,22+,23-/m1/s1. The first-order valence-corrected chi connectivity index (χ1v) is 11.7. The average Bonchev–Trinajstić information content (AvgIpc) is 2.82. The first-order chi connectivity index (χ1) is 17.9. The molecular formula is C23H34O15. The Balaban J connectivity index is 2.52. The van der Waals surface area contributed by atoms with E-state index in [0.29, 0.717) is 0 Å². The van der Waals surface area contributed by atoms with Crippen LogP contribution in [0.4, 0.5) is 0 Å². The van der Waals surface area contributed by atoms with E-state index in [0.717, 1.165) is 27.7 Å². The van der Waals surface area contributed by atoms with Crippen LogP contribution in [0.1, 0.15) is 27.7 Å². The van der Waals surface area contributed by atoms with Gasteiger partial charge in [0.1, 0.15) is 37.1 Å². The monoisotopic (exact) mass is 550 g/mol. The summed E-state index contributed by atoms with van der Waals surface area (Å²) in [6.07, 6.45) is -13.5. The van der Waals surface area contributed by atoms with E-state index in [9.17, 15) is 34.5 Å². The molecule has 0 amide bonds. The van der Waals surface area contributed by atoms with E-state index in [-0.39, 0.29) is 6.61 Å². The van der Waals surface area contributed by atoms with Crippen LogP contribution in [0.3, 0.4) is 0 Å². The molecule has 2 rings (SSSR count). The summed E-state index contributed by atoms with van der Waals surface area (Å²) in [6.45, 7) is 6.54. The number of carbonyl (C=O) groups is 4. The predicted molar refractivity (Wildman–Crippen MR) is 121 cm³/mol. The molecule has 0 aromatic carbocycles. The quantitative estimate of drug-likeness (QED) is 0.146. The van der Waals surface area contributed by atoms with Crippen LogP contribution in [-0.4, -0.2) is 120 Å². The van der Waals surface area contributed by atoms with Crippen molar-refractivity contribution in [3.63, 3.8) is 0 Å². The van der Waals surface area contributed by atoms with Gasteiger partial charge in [0.15, 0.2) is 30.9 Å². The second-order valence-electron chi connectivity index (χ2n) is 8.49. The Hall–Kier alpha value is -2.66. The first kappa shape index (κ1) is 31.6. The Labute approximate surface area is 218 Å². The van der Waals surface area contributed by atoms with Gasteiger partial charge in [-0.05, 0) is 0 Å². The summed E-state index contributed by atoms with van der Waals surface area (Å²) in [5.41, 5.74) is 0. The van der Waals surface area contributed by atoms with Gasteiger partial charge >= 0.3 is 23.9 Å². The van der Waals surface area contributed by atoms with Gasteiger partial charge in [0, 0.05) is 27.7 Å². The lowest BCUT2D eigenvalue weighted by atomic mass is 9.96. The number of aliphatic hydroxyl groups excluding tert-OH is 3. The normalized spacial score (nSPS) is 35.0. The van der Waals surface area contributed by atoms with Crippen molar-refractivity contribution in [2.75, 3.05) is 19.8 Å². The van der Waals surface area contributed by atoms with E-state index in [4.69, 9.17) is 37.9 Å². The van der Waals surface area contributed by atoms with Crippen molar-refractivity contribution in [3.05, 3.63) is 12.7 Å². The highest BCUT2D eigenvalue weighted by Crippen LogP contribution is 2.33. The summed E-state index contributed by atoms with van der Waals surface area (Å²) in [7, 11) is 0. The second-order valence-corrected chi connectivity index (χ2v) is 8.49. The van der Waals surface area contributed by atoms with Crippen LogP contribution in [0.5, 0.6) is 0 Å². The maximum Gasteiger partial charge on any atom is 0.303 e. The number of ether oxygens (including phenoxy) is 8. The molecule has 0 aromatic heterocycles. The van der Waals surface area contributed by atoms with E-state index < -0.39 is 98.5 Å². The molecule has 15 nitrogen and oxygen atoms in total. The van der Waals surface area contributed by atoms with Crippen LogP contribution in [0.2, 0.25) is 0 Å². The van der Waals surface area contributed by atoms with Crippen LogP contribution in [0, 0.1) is 0 Å². The van der Waals surface area contributed by atoms with Crippen molar-refractivity contribution < 1.29 is 72.4 Å². The summed E-state index contributed by atoms with van der Waals surface area (Å²) in [5.74, 6) is -3.21. The van der Waals surface area contributed by atoms with E-state index in [2.05, 4.69) is 6.58 Å². The van der Waals surface area contributed by atoms with Crippen LogP contribution >= 0.6 is 0 Å². The van der Waals surface area contributed by atoms with Crippen molar-refractivity contribution in [2.45, 2.75) is 89.1 Å². The second kappa shape index (κ2) is 14.5. The molecule has 2 aliphatic rings. The smallest absolute Gasteiger partial charge is 0.303 e. The fourth-order valence-electron chi connectivity index (χ4n) is 4.02. The highest BCUT2D eigenvalue weighted by Gasteiger charge is 2.55. The van der Waals surface area contributed by atoms with Crippen LogP contribution in [0.25, 0.3) is 0 Å². The van der Waals surface area contributed by atoms with Crippen LogP contribution in [-0.2, 0) is 57.1 Å². The van der Waals surface area contributed by atoms with Gasteiger partial charge in [-0.3, -0.25) is 19.2 Å². The molecule has 2 saturated heterocycles. The molecule has 0 spiro atoms. The van der Waals surface area contributed by atoms with Gasteiger partial charge in [-0.2, -0.15) is 0 Å². The van der Waals surface area contributed by atoms with Gasteiger partial charge in [0.25, 0.3) is 0 Å². The minimum Gasteiger partial charge on any atom is -0.463 e. The lowest BCUT2D eigenvalue weighted by Gasteiger charge is -2.47. The van der Waals surface area contributed by atoms with Crippen molar-refractivity contribution >= 4 is 23.9 Å². The van der Waals surface area contributed by atoms with Gasteiger partial charge in [0.2, 0.25) is 0 Å². The highest BCUT2D eigenvalue weighted by atomic mass is 16.8. The van der Waals surface area contributed by atoms with Crippen molar-refractivity contribution in [1.29, 1.82) is 0 Å². The maximum absolute atomic E-state index is 12.0. The summed E-state index contributed by atoms with van der Waals surface area (Å²) in [4.78, 5) is 47.3. The SMILES string of the molecule is C=CCO[C@H]1[C@@H](O[C@H]2O[C@H](COC(C)=O)[C@@H](OC(C)=O)[C@H](OC(C)=O)[C@@H]2OC(C)=O)[C@H](O)[C@@H](CO)O[C@@H]1O. The molecule has 216 valence electrons. The highest BCUT2D eigenvalue weighted by molar-refractivity contribution is 5.68. The summed E-state index contributed by atoms with van der Waals surface area (Å²) < 4.78 is 43.5. The molecular weight excluding hydrogens is 516 g/mol. The molecule has 0 unspecified atom stereocenters. The third-order valence-corrected chi connectivity index (χ3v) is 5.46. The number of esters is 4. The van der Waals surface area contributed by atoms with Gasteiger partial charge < -0.3 is 53.2 Å². The molecule has 3 N–H and O–H groups in total. The molecule has 0 saturated carbocycles. The number of rotatable bonds is 11. The average molecular weight is 551 g/mol. The van der Waals surface area contributed by atoms with E-state index in [1.807, 2.05) is 0 Å². The van der Waals surface area contributed by atoms with E-state index >= 15 is 0 Å². The number of aliphatic hydroxyl groups is 3. The molecule has 2 fully saturated rings. The molecule has 2 heterocycles. The number of hydrogen-bond acceptors (Lipinski definition) is 15. The minimum absolute atomic E-state index is 0.0972. The molecule has 0 radical (unpaired) electrons. The van der Waals surface area contributed by atoms with E-state index in [1.165, 1.54) is 6.08 Å². The third-order valence-electron chi connectivity index (χ3n) is 5.46. The van der Waals surface area contributed by atoms with Gasteiger partial charge in [0.05, 0.1) is 13.2 Å². The van der Waals surface area contributed by atoms with Gasteiger partial charge in [-0.1, -0.05) is 6.08 Å². The Morgan fingerprint density at radius 2 is 1.37 bits per heavy atom. The van der Waals surface area contributed by atoms with Crippen LogP contribution in [0.15, 0.2) is 12.7 Å². The fourth-order valence-corrected chi connectivity index (χ4v) is 4.02. The summed E-state index contributed by atoms with van der Waals surface area (Å²) in [6, 6.07) is 0. The molecule has 38 heavy (non-hydrogen) atoms. The lowest BCUT2D eigenvalue weighted by molar-refractivity contribution is -0.360. The molecule has 0 bridgehead atoms. The van der Waals surface area contributed by atoms with Crippen molar-refractivity contribution in [1.82, 2.24) is 0 Å². The number of hydrogen-bond donors (Lipinski definition) is 3. The Kier molecular flexibility index (Phi) is 12.0. The molecule has 15 heteroatoms. The fraction of sp³-hybridized carbons (Fsp3) is 0.739. The van der Waals surface area contributed by atoms with Crippen molar-refractivity contribution in [3.8, 4) is 0 Å². The zero-order chi connectivity index (χ0) is 28.6. The number of carbonyl (C=O) groups excluding carboxylic acids is 4. The largest absolute Gasteiger partial charge is 0.463 e. The van der Waals surface area contributed by atoms with Gasteiger partial charge in [-0.15, -0.1) is 6.58 Å². The third kappa shape index (κ3) is 8.42. The zero-order valence-corrected chi connectivity index (χ0v) is 21.4. The van der Waals surface area contributed by atoms with Crippen molar-refractivity contribution in [2.24, 2.45) is 0 Å².